The van der Waals surface area contributed by atoms with Gasteiger partial charge in [-0.3, -0.25) is 9.59 Å². The fourth-order valence-corrected chi connectivity index (χ4v) is 4.26. The summed E-state index contributed by atoms with van der Waals surface area (Å²) in [5.74, 6) is -1.17. The largest absolute Gasteiger partial charge is 0.481 e. The summed E-state index contributed by atoms with van der Waals surface area (Å²) in [6.07, 6.45) is 2.02. The van der Waals surface area contributed by atoms with Crippen LogP contribution in [0.1, 0.15) is 28.0 Å². The fourth-order valence-electron chi connectivity index (χ4n) is 4.26. The van der Waals surface area contributed by atoms with Gasteiger partial charge in [0.15, 0.2) is 0 Å². The van der Waals surface area contributed by atoms with E-state index in [1.165, 1.54) is 0 Å². The van der Waals surface area contributed by atoms with Crippen LogP contribution in [0.15, 0.2) is 30.5 Å². The molecular weight excluding hydrogens is 346 g/mol. The number of carboxylic acids is 1. The van der Waals surface area contributed by atoms with E-state index in [-0.39, 0.29) is 18.4 Å². The van der Waals surface area contributed by atoms with Crippen molar-refractivity contribution >= 4 is 11.9 Å². The van der Waals surface area contributed by atoms with E-state index in [9.17, 15) is 14.7 Å². The Hall–Kier alpha value is -2.67. The minimum atomic E-state index is -0.894. The van der Waals surface area contributed by atoms with E-state index < -0.39 is 11.4 Å². The highest BCUT2D eigenvalue weighted by atomic mass is 16.5. The first-order valence-corrected chi connectivity index (χ1v) is 9.14. The van der Waals surface area contributed by atoms with Crippen LogP contribution in [0.3, 0.4) is 0 Å². The van der Waals surface area contributed by atoms with Gasteiger partial charge in [0, 0.05) is 25.6 Å². The number of rotatable bonds is 3. The summed E-state index contributed by atoms with van der Waals surface area (Å²) < 4.78 is 7.22. The van der Waals surface area contributed by atoms with Crippen LogP contribution in [0.4, 0.5) is 0 Å². The number of aromatic nitrogens is 2. The molecule has 2 aliphatic heterocycles. The maximum Gasteiger partial charge on any atom is 0.311 e. The SMILES string of the molecule is Cc1cccc(-n2ncc(C(=O)N3C[C@H]4COCC[C@@]4(C(=O)O)C3)c2C)c1. The van der Waals surface area contributed by atoms with E-state index in [1.807, 2.05) is 38.1 Å². The normalized spacial score (nSPS) is 24.7. The van der Waals surface area contributed by atoms with Crippen LogP contribution in [0.2, 0.25) is 0 Å². The van der Waals surface area contributed by atoms with Crippen LogP contribution in [0, 0.1) is 25.2 Å². The van der Waals surface area contributed by atoms with Gasteiger partial charge >= 0.3 is 5.97 Å². The van der Waals surface area contributed by atoms with Gasteiger partial charge in [-0.1, -0.05) is 12.1 Å². The number of carbonyl (C=O) groups is 2. The molecule has 1 aromatic heterocycles. The van der Waals surface area contributed by atoms with Gasteiger partial charge in [0.05, 0.1) is 35.2 Å². The standard InChI is InChI=1S/C20H23N3O4/c1-13-4-3-5-16(8-13)23-14(2)17(9-21-23)18(24)22-10-15-11-27-7-6-20(15,12-22)19(25)26/h3-5,8-9,15H,6-7,10-12H2,1-2H3,(H,25,26)/t15-,20+/m0/s1. The molecule has 2 fully saturated rings. The third-order valence-electron chi connectivity index (χ3n) is 5.91. The monoisotopic (exact) mass is 369 g/mol. The van der Waals surface area contributed by atoms with Crippen molar-refractivity contribution in [1.29, 1.82) is 0 Å². The van der Waals surface area contributed by atoms with Crippen LogP contribution in [-0.2, 0) is 9.53 Å². The van der Waals surface area contributed by atoms with E-state index in [0.29, 0.717) is 31.7 Å². The molecule has 0 radical (unpaired) electrons. The second-order valence-electron chi connectivity index (χ2n) is 7.56. The lowest BCUT2D eigenvalue weighted by molar-refractivity contribution is -0.157. The fraction of sp³-hybridized carbons (Fsp3) is 0.450. The minimum Gasteiger partial charge on any atom is -0.481 e. The first kappa shape index (κ1) is 17.7. The number of amides is 1. The zero-order valence-corrected chi connectivity index (χ0v) is 15.5. The Bertz CT molecular complexity index is 906. The molecule has 4 rings (SSSR count). The van der Waals surface area contributed by atoms with Gasteiger partial charge in [0.2, 0.25) is 0 Å². The summed E-state index contributed by atoms with van der Waals surface area (Å²) in [7, 11) is 0. The number of nitrogens with zero attached hydrogens (tertiary/aromatic N) is 3. The van der Waals surface area contributed by atoms with Gasteiger partial charge in [-0.15, -0.1) is 0 Å². The smallest absolute Gasteiger partial charge is 0.311 e. The van der Waals surface area contributed by atoms with Crippen molar-refractivity contribution in [3.8, 4) is 5.69 Å². The van der Waals surface area contributed by atoms with Gasteiger partial charge in [-0.25, -0.2) is 4.68 Å². The zero-order valence-electron chi connectivity index (χ0n) is 15.5. The molecule has 0 saturated carbocycles. The number of likely N-dealkylation sites (tertiary alicyclic amines) is 1. The molecule has 27 heavy (non-hydrogen) atoms. The molecule has 142 valence electrons. The minimum absolute atomic E-state index is 0.165. The quantitative estimate of drug-likeness (QED) is 0.895. The number of hydrogen-bond acceptors (Lipinski definition) is 4. The number of carboxylic acid groups (broad SMARTS) is 1. The molecule has 7 nitrogen and oxygen atoms in total. The Balaban J connectivity index is 1.62. The van der Waals surface area contributed by atoms with E-state index in [1.54, 1.807) is 15.8 Å². The Kier molecular flexibility index (Phi) is 4.26. The number of aryl methyl sites for hydroxylation is 1. The second kappa shape index (κ2) is 6.49. The highest BCUT2D eigenvalue weighted by Crippen LogP contribution is 2.43. The molecule has 0 spiro atoms. The lowest BCUT2D eigenvalue weighted by atomic mass is 9.74. The number of hydrogen-bond donors (Lipinski definition) is 1. The summed E-state index contributed by atoms with van der Waals surface area (Å²) >= 11 is 0. The summed E-state index contributed by atoms with van der Waals surface area (Å²) in [5, 5.41) is 14.2. The molecule has 0 bridgehead atoms. The van der Waals surface area contributed by atoms with Crippen LogP contribution >= 0.6 is 0 Å². The molecule has 1 amide bonds. The van der Waals surface area contributed by atoms with Gasteiger partial charge in [0.1, 0.15) is 0 Å². The molecule has 7 heteroatoms. The summed E-state index contributed by atoms with van der Waals surface area (Å²) in [5.41, 5.74) is 2.38. The van der Waals surface area contributed by atoms with Gasteiger partial charge in [-0.05, 0) is 38.0 Å². The van der Waals surface area contributed by atoms with Crippen molar-refractivity contribution in [2.45, 2.75) is 20.3 Å². The van der Waals surface area contributed by atoms with Crippen molar-refractivity contribution in [2.75, 3.05) is 26.3 Å². The highest BCUT2D eigenvalue weighted by Gasteiger charge is 2.55. The predicted molar refractivity (Wildman–Crippen MR) is 97.9 cm³/mol. The van der Waals surface area contributed by atoms with Crippen molar-refractivity contribution in [2.24, 2.45) is 11.3 Å². The third-order valence-corrected chi connectivity index (χ3v) is 5.91. The lowest BCUT2D eigenvalue weighted by Crippen LogP contribution is -2.45. The molecule has 0 unspecified atom stereocenters. The topological polar surface area (TPSA) is 84.7 Å². The average Bonchev–Trinajstić information content (AvgIpc) is 3.23. The van der Waals surface area contributed by atoms with Crippen molar-refractivity contribution in [1.82, 2.24) is 14.7 Å². The van der Waals surface area contributed by atoms with Gasteiger partial charge in [-0.2, -0.15) is 5.10 Å². The van der Waals surface area contributed by atoms with E-state index in [4.69, 9.17) is 4.74 Å². The van der Waals surface area contributed by atoms with E-state index in [0.717, 1.165) is 16.9 Å². The van der Waals surface area contributed by atoms with Crippen molar-refractivity contribution in [3.63, 3.8) is 0 Å². The number of aliphatic carboxylic acids is 1. The number of ether oxygens (including phenoxy) is 1. The Morgan fingerprint density at radius 3 is 2.85 bits per heavy atom. The first-order chi connectivity index (χ1) is 12.9. The summed E-state index contributed by atoms with van der Waals surface area (Å²) in [6.45, 7) is 5.31. The van der Waals surface area contributed by atoms with Crippen LogP contribution in [0.5, 0.6) is 0 Å². The summed E-state index contributed by atoms with van der Waals surface area (Å²) in [4.78, 5) is 26.7. The molecule has 2 atom stereocenters. The Labute approximate surface area is 157 Å². The molecule has 2 aromatic rings. The Morgan fingerprint density at radius 1 is 1.33 bits per heavy atom. The molecular formula is C20H23N3O4. The van der Waals surface area contributed by atoms with E-state index >= 15 is 0 Å². The first-order valence-electron chi connectivity index (χ1n) is 9.14. The van der Waals surface area contributed by atoms with Crippen LogP contribution in [-0.4, -0.2) is 58.0 Å². The average molecular weight is 369 g/mol. The predicted octanol–water partition coefficient (Wildman–Crippen LogP) is 2.05. The molecule has 1 aromatic carbocycles. The van der Waals surface area contributed by atoms with Crippen LogP contribution in [0.25, 0.3) is 5.69 Å². The maximum absolute atomic E-state index is 13.1. The molecule has 1 N–H and O–H groups in total. The maximum atomic E-state index is 13.1. The van der Waals surface area contributed by atoms with E-state index in [2.05, 4.69) is 5.10 Å². The van der Waals surface area contributed by atoms with Gasteiger partial charge < -0.3 is 14.7 Å². The summed E-state index contributed by atoms with van der Waals surface area (Å²) in [6, 6.07) is 7.92. The molecule has 2 aliphatic rings. The van der Waals surface area contributed by atoms with Crippen molar-refractivity contribution in [3.05, 3.63) is 47.3 Å². The zero-order chi connectivity index (χ0) is 19.2. The van der Waals surface area contributed by atoms with Gasteiger partial charge in [0.25, 0.3) is 5.91 Å². The Morgan fingerprint density at radius 2 is 2.15 bits per heavy atom. The second-order valence-corrected chi connectivity index (χ2v) is 7.56. The lowest BCUT2D eigenvalue weighted by Gasteiger charge is -2.33. The van der Waals surface area contributed by atoms with Crippen LogP contribution < -0.4 is 0 Å². The number of benzene rings is 1. The molecule has 0 aliphatic carbocycles. The number of fused-ring (bicyclic) bond motifs is 1. The number of carbonyl (C=O) groups excluding carboxylic acids is 1. The molecule has 2 saturated heterocycles. The molecule has 3 heterocycles. The highest BCUT2D eigenvalue weighted by molar-refractivity contribution is 5.96. The third kappa shape index (κ3) is 2.82. The van der Waals surface area contributed by atoms with Crippen molar-refractivity contribution < 1.29 is 19.4 Å².